The molecule has 0 saturated carbocycles. The van der Waals surface area contributed by atoms with Gasteiger partial charge in [-0.1, -0.05) is 0 Å². The predicted molar refractivity (Wildman–Crippen MR) is 68.1 cm³/mol. The Morgan fingerprint density at radius 2 is 1.81 bits per heavy atom. The molecule has 0 aliphatic rings. The maximum Gasteiger partial charge on any atom is 0.0719 e. The zero-order valence-electron chi connectivity index (χ0n) is 8.91. The van der Waals surface area contributed by atoms with E-state index in [-0.39, 0.29) is 24.8 Å². The van der Waals surface area contributed by atoms with Crippen molar-refractivity contribution in [1.82, 2.24) is 19.6 Å². The molecule has 2 aromatic heterocycles. The molecular weight excluding hydrogens is 249 g/mol. The molecule has 0 aliphatic heterocycles. The van der Waals surface area contributed by atoms with Gasteiger partial charge in [0, 0.05) is 24.5 Å². The van der Waals surface area contributed by atoms with Crippen LogP contribution >= 0.6 is 24.8 Å². The topological polar surface area (TPSA) is 61.7 Å². The number of nitrogens with zero attached hydrogens (tertiary/aromatic N) is 4. The smallest absolute Gasteiger partial charge is 0.0719 e. The van der Waals surface area contributed by atoms with Gasteiger partial charge < -0.3 is 5.73 Å². The van der Waals surface area contributed by atoms with Crippen molar-refractivity contribution in [2.45, 2.75) is 20.0 Å². The third-order valence-corrected chi connectivity index (χ3v) is 2.01. The Hall–Kier alpha value is -1.20. The average molecular weight is 264 g/mol. The molecule has 0 aromatic carbocycles. The second-order valence-corrected chi connectivity index (χ2v) is 3.18. The summed E-state index contributed by atoms with van der Waals surface area (Å²) in [5.41, 5.74) is 7.38. The van der Waals surface area contributed by atoms with Crippen LogP contribution in [0.1, 0.15) is 12.5 Å². The summed E-state index contributed by atoms with van der Waals surface area (Å²) in [4.78, 5) is 0. The van der Waals surface area contributed by atoms with Crippen LogP contribution in [0.3, 0.4) is 0 Å². The van der Waals surface area contributed by atoms with Gasteiger partial charge in [0.2, 0.25) is 0 Å². The first-order valence-electron chi connectivity index (χ1n) is 4.57. The van der Waals surface area contributed by atoms with Gasteiger partial charge in [-0.15, -0.1) is 24.8 Å². The van der Waals surface area contributed by atoms with E-state index in [1.807, 2.05) is 23.3 Å². The molecule has 0 spiro atoms. The van der Waals surface area contributed by atoms with Crippen LogP contribution in [0.2, 0.25) is 0 Å². The van der Waals surface area contributed by atoms with E-state index in [1.165, 1.54) is 0 Å². The number of hydrogen-bond donors (Lipinski definition) is 1. The minimum absolute atomic E-state index is 0. The van der Waals surface area contributed by atoms with Crippen LogP contribution in [0, 0.1) is 0 Å². The van der Waals surface area contributed by atoms with E-state index in [0.717, 1.165) is 18.7 Å². The van der Waals surface area contributed by atoms with Crippen molar-refractivity contribution < 1.29 is 0 Å². The normalized spacial score (nSPS) is 9.31. The van der Waals surface area contributed by atoms with Crippen molar-refractivity contribution in [3.63, 3.8) is 0 Å². The lowest BCUT2D eigenvalue weighted by Gasteiger charge is -1.96. The molecule has 0 radical (unpaired) electrons. The first kappa shape index (κ1) is 14.8. The molecule has 0 atom stereocenters. The van der Waals surface area contributed by atoms with E-state index in [4.69, 9.17) is 5.73 Å². The molecule has 0 amide bonds. The molecule has 0 unspecified atom stereocenters. The van der Waals surface area contributed by atoms with Gasteiger partial charge in [0.25, 0.3) is 0 Å². The van der Waals surface area contributed by atoms with Crippen LogP contribution in [0.4, 0.5) is 5.69 Å². The van der Waals surface area contributed by atoms with Gasteiger partial charge in [-0.3, -0.25) is 9.36 Å². The second kappa shape index (κ2) is 6.40. The molecule has 0 aliphatic carbocycles. The van der Waals surface area contributed by atoms with Gasteiger partial charge in [-0.2, -0.15) is 10.2 Å². The summed E-state index contributed by atoms with van der Waals surface area (Å²) in [6.07, 6.45) is 7.31. The molecular formula is C9H15Cl2N5. The Morgan fingerprint density at radius 3 is 2.31 bits per heavy atom. The van der Waals surface area contributed by atoms with Crippen molar-refractivity contribution in [1.29, 1.82) is 0 Å². The first-order chi connectivity index (χ1) is 6.78. The van der Waals surface area contributed by atoms with E-state index in [1.54, 1.807) is 10.9 Å². The maximum absolute atomic E-state index is 5.56. The fourth-order valence-electron chi connectivity index (χ4n) is 1.31. The molecule has 0 saturated heterocycles. The molecule has 5 nitrogen and oxygen atoms in total. The third-order valence-electron chi connectivity index (χ3n) is 2.01. The van der Waals surface area contributed by atoms with Crippen molar-refractivity contribution >= 4 is 30.5 Å². The van der Waals surface area contributed by atoms with Crippen LogP contribution in [-0.2, 0) is 13.1 Å². The van der Waals surface area contributed by atoms with Crippen LogP contribution in [-0.4, -0.2) is 19.6 Å². The molecule has 0 fully saturated rings. The molecule has 90 valence electrons. The largest absolute Gasteiger partial charge is 0.396 e. The number of nitrogen functional groups attached to an aromatic ring is 1. The van der Waals surface area contributed by atoms with Gasteiger partial charge in [0.1, 0.15) is 0 Å². The molecule has 2 N–H and O–H groups in total. The summed E-state index contributed by atoms with van der Waals surface area (Å²) in [7, 11) is 0. The van der Waals surface area contributed by atoms with Gasteiger partial charge in [0.05, 0.1) is 24.6 Å². The highest BCUT2D eigenvalue weighted by Gasteiger charge is 1.99. The van der Waals surface area contributed by atoms with Crippen LogP contribution < -0.4 is 5.73 Å². The molecule has 7 heteroatoms. The number of halogens is 2. The van der Waals surface area contributed by atoms with Gasteiger partial charge in [-0.05, 0) is 6.92 Å². The maximum atomic E-state index is 5.56. The number of aryl methyl sites for hydroxylation is 1. The number of anilines is 1. The lowest BCUT2D eigenvalue weighted by atomic mass is 10.4. The molecule has 16 heavy (non-hydrogen) atoms. The first-order valence-corrected chi connectivity index (χ1v) is 4.57. The fourth-order valence-corrected chi connectivity index (χ4v) is 1.31. The summed E-state index contributed by atoms with van der Waals surface area (Å²) >= 11 is 0. The van der Waals surface area contributed by atoms with E-state index in [2.05, 4.69) is 17.1 Å². The number of aromatic nitrogens is 4. The van der Waals surface area contributed by atoms with Crippen LogP contribution in [0.25, 0.3) is 0 Å². The highest BCUT2D eigenvalue weighted by atomic mass is 35.5. The van der Waals surface area contributed by atoms with Gasteiger partial charge >= 0.3 is 0 Å². The fraction of sp³-hybridized carbons (Fsp3) is 0.333. The van der Waals surface area contributed by atoms with E-state index in [0.29, 0.717) is 5.69 Å². The third kappa shape index (κ3) is 3.43. The summed E-state index contributed by atoms with van der Waals surface area (Å²) < 4.78 is 3.69. The highest BCUT2D eigenvalue weighted by molar-refractivity contribution is 5.85. The van der Waals surface area contributed by atoms with Crippen LogP contribution in [0.15, 0.2) is 24.8 Å². The number of rotatable bonds is 3. The zero-order valence-corrected chi connectivity index (χ0v) is 10.5. The van der Waals surface area contributed by atoms with Gasteiger partial charge in [-0.25, -0.2) is 0 Å². The van der Waals surface area contributed by atoms with Gasteiger partial charge in [0.15, 0.2) is 0 Å². The lowest BCUT2D eigenvalue weighted by Crippen LogP contribution is -1.99. The van der Waals surface area contributed by atoms with E-state index >= 15 is 0 Å². The lowest BCUT2D eigenvalue weighted by molar-refractivity contribution is 0.654. The summed E-state index contributed by atoms with van der Waals surface area (Å²) in [6.45, 7) is 3.67. The predicted octanol–water partition coefficient (Wildman–Crippen LogP) is 1.57. The molecule has 0 bridgehead atoms. The Balaban J connectivity index is 0.00000112. The molecule has 2 aromatic rings. The van der Waals surface area contributed by atoms with Crippen molar-refractivity contribution in [2.24, 2.45) is 0 Å². The van der Waals surface area contributed by atoms with Crippen molar-refractivity contribution in [3.8, 4) is 0 Å². The minimum Gasteiger partial charge on any atom is -0.396 e. The standard InChI is InChI=1S/C9H13N5.2ClH/c1-2-13-5-8(3-11-13)6-14-7-9(10)4-12-14;;/h3-5,7H,2,6,10H2,1H3;2*1H. The summed E-state index contributed by atoms with van der Waals surface area (Å²) in [5, 5.41) is 8.28. The Morgan fingerprint density at radius 1 is 1.12 bits per heavy atom. The van der Waals surface area contributed by atoms with Crippen LogP contribution in [0.5, 0.6) is 0 Å². The minimum atomic E-state index is 0. The Kier molecular flexibility index (Phi) is 5.92. The highest BCUT2D eigenvalue weighted by Crippen LogP contribution is 2.03. The number of nitrogens with two attached hydrogens (primary N) is 1. The zero-order chi connectivity index (χ0) is 9.97. The summed E-state index contributed by atoms with van der Waals surface area (Å²) in [5.74, 6) is 0. The average Bonchev–Trinajstić information content (AvgIpc) is 2.76. The Bertz CT molecular complexity index is 423. The molecule has 2 rings (SSSR count). The monoisotopic (exact) mass is 263 g/mol. The van der Waals surface area contributed by atoms with Crippen molar-refractivity contribution in [3.05, 3.63) is 30.4 Å². The number of hydrogen-bond acceptors (Lipinski definition) is 3. The SMILES string of the molecule is CCn1cc(Cn2cc(N)cn2)cn1.Cl.Cl. The summed E-state index contributed by atoms with van der Waals surface area (Å²) in [6, 6.07) is 0. The quantitative estimate of drug-likeness (QED) is 0.915. The second-order valence-electron chi connectivity index (χ2n) is 3.18. The Labute approximate surface area is 106 Å². The van der Waals surface area contributed by atoms with E-state index in [9.17, 15) is 0 Å². The molecule has 2 heterocycles. The van der Waals surface area contributed by atoms with Crippen molar-refractivity contribution in [2.75, 3.05) is 5.73 Å². The van der Waals surface area contributed by atoms with E-state index < -0.39 is 0 Å².